The topological polar surface area (TPSA) is 92.8 Å². The molecule has 7 nitrogen and oxygen atoms in total. The number of tetrazole rings is 1. The molecule has 0 saturated carbocycles. The zero-order chi connectivity index (χ0) is 9.52. The van der Waals surface area contributed by atoms with Crippen LogP contribution in [-0.4, -0.2) is 46.3 Å². The summed E-state index contributed by atoms with van der Waals surface area (Å²) >= 11 is 0. The molecule has 0 aliphatic carbocycles. The van der Waals surface area contributed by atoms with Crippen LogP contribution in [0.25, 0.3) is 0 Å². The van der Waals surface area contributed by atoms with Crippen molar-refractivity contribution in [3.63, 3.8) is 0 Å². The van der Waals surface area contributed by atoms with Gasteiger partial charge in [0.25, 0.3) is 11.7 Å². The van der Waals surface area contributed by atoms with E-state index in [4.69, 9.17) is 4.74 Å². The summed E-state index contributed by atoms with van der Waals surface area (Å²) in [6.07, 6.45) is 0. The second kappa shape index (κ2) is 5.20. The number of hydrogen-bond donors (Lipinski definition) is 2. The van der Waals surface area contributed by atoms with E-state index in [2.05, 4.69) is 25.9 Å². The molecular weight excluding hydrogens is 174 g/mol. The van der Waals surface area contributed by atoms with Crippen molar-refractivity contribution in [1.82, 2.24) is 25.9 Å². The van der Waals surface area contributed by atoms with Gasteiger partial charge in [-0.05, 0) is 12.1 Å². The van der Waals surface area contributed by atoms with Gasteiger partial charge in [-0.15, -0.1) is 10.2 Å². The van der Waals surface area contributed by atoms with Crippen LogP contribution >= 0.6 is 0 Å². The average molecular weight is 185 g/mol. The molecule has 0 radical (unpaired) electrons. The summed E-state index contributed by atoms with van der Waals surface area (Å²) in [4.78, 5) is 11.1. The number of aromatic amines is 1. The third kappa shape index (κ3) is 3.16. The van der Waals surface area contributed by atoms with Gasteiger partial charge in [0.2, 0.25) is 0 Å². The molecule has 1 amide bonds. The third-order valence-electron chi connectivity index (χ3n) is 1.28. The molecule has 0 aliphatic rings. The van der Waals surface area contributed by atoms with Crippen LogP contribution < -0.4 is 5.32 Å². The van der Waals surface area contributed by atoms with Crippen molar-refractivity contribution in [2.75, 3.05) is 19.8 Å². The molecule has 0 spiro atoms. The largest absolute Gasteiger partial charge is 0.380 e. The lowest BCUT2D eigenvalue weighted by atomic mass is 10.5. The Bertz CT molecular complexity index is 248. The van der Waals surface area contributed by atoms with Crippen molar-refractivity contribution in [1.29, 1.82) is 0 Å². The highest BCUT2D eigenvalue weighted by Crippen LogP contribution is 1.81. The number of nitrogens with one attached hydrogen (secondary N) is 2. The first-order valence-electron chi connectivity index (χ1n) is 3.94. The van der Waals surface area contributed by atoms with Crippen LogP contribution in [0.15, 0.2) is 0 Å². The van der Waals surface area contributed by atoms with E-state index in [1.165, 1.54) is 0 Å². The molecule has 1 heterocycles. The van der Waals surface area contributed by atoms with Crippen LogP contribution in [0.5, 0.6) is 0 Å². The third-order valence-corrected chi connectivity index (χ3v) is 1.28. The van der Waals surface area contributed by atoms with Gasteiger partial charge >= 0.3 is 0 Å². The van der Waals surface area contributed by atoms with E-state index >= 15 is 0 Å². The van der Waals surface area contributed by atoms with Gasteiger partial charge < -0.3 is 10.1 Å². The fraction of sp³-hybridized carbons (Fsp3) is 0.667. The maximum atomic E-state index is 11.1. The van der Waals surface area contributed by atoms with E-state index in [1.54, 1.807) is 0 Å². The number of rotatable bonds is 5. The van der Waals surface area contributed by atoms with Crippen molar-refractivity contribution >= 4 is 5.91 Å². The van der Waals surface area contributed by atoms with Crippen molar-refractivity contribution in [3.8, 4) is 0 Å². The number of amides is 1. The van der Waals surface area contributed by atoms with E-state index in [0.29, 0.717) is 19.8 Å². The molecule has 0 unspecified atom stereocenters. The first-order chi connectivity index (χ1) is 6.34. The van der Waals surface area contributed by atoms with E-state index in [0.717, 1.165) is 0 Å². The Balaban J connectivity index is 2.19. The molecule has 1 rings (SSSR count). The van der Waals surface area contributed by atoms with Crippen LogP contribution in [-0.2, 0) is 4.74 Å². The number of hydrogen-bond acceptors (Lipinski definition) is 5. The summed E-state index contributed by atoms with van der Waals surface area (Å²) in [6, 6.07) is 0. The second-order valence-corrected chi connectivity index (χ2v) is 2.19. The molecule has 2 N–H and O–H groups in total. The van der Waals surface area contributed by atoms with Crippen molar-refractivity contribution in [2.24, 2.45) is 0 Å². The zero-order valence-corrected chi connectivity index (χ0v) is 7.28. The van der Waals surface area contributed by atoms with E-state index < -0.39 is 0 Å². The van der Waals surface area contributed by atoms with Gasteiger partial charge in [-0.3, -0.25) is 4.79 Å². The van der Waals surface area contributed by atoms with Crippen LogP contribution in [0.4, 0.5) is 0 Å². The maximum absolute atomic E-state index is 11.1. The maximum Gasteiger partial charge on any atom is 0.292 e. The molecule has 7 heteroatoms. The molecule has 0 saturated heterocycles. The Morgan fingerprint density at radius 1 is 1.69 bits per heavy atom. The van der Waals surface area contributed by atoms with Gasteiger partial charge in [-0.2, -0.15) is 5.21 Å². The lowest BCUT2D eigenvalue weighted by Crippen LogP contribution is -2.28. The summed E-state index contributed by atoms with van der Waals surface area (Å²) in [5.41, 5.74) is 0. The average Bonchev–Trinajstić information content (AvgIpc) is 2.65. The quantitative estimate of drug-likeness (QED) is 0.572. The van der Waals surface area contributed by atoms with Crippen molar-refractivity contribution in [3.05, 3.63) is 5.82 Å². The highest BCUT2D eigenvalue weighted by Gasteiger charge is 2.08. The van der Waals surface area contributed by atoms with Gasteiger partial charge in [-0.25, -0.2) is 0 Å². The minimum absolute atomic E-state index is 0.0384. The lowest BCUT2D eigenvalue weighted by molar-refractivity contribution is 0.0912. The molecule has 0 aromatic carbocycles. The van der Waals surface area contributed by atoms with Crippen LogP contribution in [0.3, 0.4) is 0 Å². The van der Waals surface area contributed by atoms with Crippen molar-refractivity contribution < 1.29 is 9.53 Å². The normalized spacial score (nSPS) is 9.92. The number of ether oxygens (including phenoxy) is 1. The minimum Gasteiger partial charge on any atom is -0.380 e. The summed E-state index contributed by atoms with van der Waals surface area (Å²) in [5.74, 6) is -0.315. The number of nitrogens with zero attached hydrogens (tertiary/aromatic N) is 3. The fourth-order valence-corrected chi connectivity index (χ4v) is 0.718. The first-order valence-corrected chi connectivity index (χ1v) is 3.94. The molecule has 0 aliphatic heterocycles. The fourth-order valence-electron chi connectivity index (χ4n) is 0.718. The van der Waals surface area contributed by atoms with Gasteiger partial charge in [0, 0.05) is 13.2 Å². The Labute approximate surface area is 74.9 Å². The van der Waals surface area contributed by atoms with Crippen molar-refractivity contribution in [2.45, 2.75) is 6.92 Å². The highest BCUT2D eigenvalue weighted by atomic mass is 16.5. The highest BCUT2D eigenvalue weighted by molar-refractivity contribution is 5.89. The monoisotopic (exact) mass is 185 g/mol. The Hall–Kier alpha value is -1.50. The summed E-state index contributed by atoms with van der Waals surface area (Å²) in [5, 5.41) is 15.0. The van der Waals surface area contributed by atoms with Gasteiger partial charge in [-0.1, -0.05) is 0 Å². The Morgan fingerprint density at radius 2 is 2.54 bits per heavy atom. The Morgan fingerprint density at radius 3 is 3.15 bits per heavy atom. The molecular formula is C6H11N5O2. The molecule has 1 aromatic rings. The minimum atomic E-state index is -0.353. The van der Waals surface area contributed by atoms with Gasteiger partial charge in [0.15, 0.2) is 0 Å². The summed E-state index contributed by atoms with van der Waals surface area (Å²) in [6.45, 7) is 3.46. The number of carbonyl (C=O) groups excluding carboxylic acids is 1. The van der Waals surface area contributed by atoms with Gasteiger partial charge in [0.05, 0.1) is 6.61 Å². The predicted octanol–water partition coefficient (Wildman–Crippen LogP) is -1.03. The van der Waals surface area contributed by atoms with Crippen LogP contribution in [0.1, 0.15) is 17.5 Å². The standard InChI is InChI=1S/C6H11N5O2/c1-2-13-4-3-7-6(12)5-8-10-11-9-5/h2-4H2,1H3,(H,7,12)(H,8,9,10,11). The predicted molar refractivity (Wildman–Crippen MR) is 43.0 cm³/mol. The molecule has 13 heavy (non-hydrogen) atoms. The number of aromatic nitrogens is 4. The van der Waals surface area contributed by atoms with E-state index in [-0.39, 0.29) is 11.7 Å². The second-order valence-electron chi connectivity index (χ2n) is 2.19. The van der Waals surface area contributed by atoms with E-state index in [1.807, 2.05) is 6.92 Å². The SMILES string of the molecule is CCOCCNC(=O)c1nn[nH]n1. The van der Waals surface area contributed by atoms with Gasteiger partial charge in [0.1, 0.15) is 0 Å². The molecule has 1 aromatic heterocycles. The number of H-pyrrole nitrogens is 1. The van der Waals surface area contributed by atoms with E-state index in [9.17, 15) is 4.79 Å². The summed E-state index contributed by atoms with van der Waals surface area (Å²) < 4.78 is 5.02. The molecule has 72 valence electrons. The van der Waals surface area contributed by atoms with Crippen LogP contribution in [0.2, 0.25) is 0 Å². The zero-order valence-electron chi connectivity index (χ0n) is 7.28. The smallest absolute Gasteiger partial charge is 0.292 e. The summed E-state index contributed by atoms with van der Waals surface area (Å²) in [7, 11) is 0. The molecule has 0 bridgehead atoms. The Kier molecular flexibility index (Phi) is 3.83. The molecule has 0 fully saturated rings. The van der Waals surface area contributed by atoms with Crippen LogP contribution in [0, 0.1) is 0 Å². The number of carbonyl (C=O) groups is 1. The lowest BCUT2D eigenvalue weighted by Gasteiger charge is -2.01. The first kappa shape index (κ1) is 9.59. The molecule has 0 atom stereocenters.